The Bertz CT molecular complexity index is 850. The van der Waals surface area contributed by atoms with Gasteiger partial charge in [0.15, 0.2) is 9.84 Å². The van der Waals surface area contributed by atoms with Gasteiger partial charge in [0, 0.05) is 22.9 Å². The molecular formula is C17H17ClFNO3S. The maximum absolute atomic E-state index is 13.5. The predicted octanol–water partition coefficient (Wildman–Crippen LogP) is 2.36. The summed E-state index contributed by atoms with van der Waals surface area (Å²) in [5.74, 6) is -1.00. The molecule has 0 unspecified atom stereocenters. The Kier molecular flexibility index (Phi) is 4.42. The number of hydrogen-bond acceptors (Lipinski definition) is 4. The first-order chi connectivity index (χ1) is 11.4. The molecule has 0 heterocycles. The van der Waals surface area contributed by atoms with Gasteiger partial charge < -0.3 is 10.8 Å². The molecule has 24 heavy (non-hydrogen) atoms. The Hall–Kier alpha value is -1.47. The van der Waals surface area contributed by atoms with Gasteiger partial charge in [0.25, 0.3) is 0 Å². The number of aliphatic hydroxyl groups is 1. The molecule has 4 nitrogen and oxygen atoms in total. The molecule has 1 fully saturated rings. The van der Waals surface area contributed by atoms with E-state index < -0.39 is 32.2 Å². The fraction of sp³-hybridized carbons (Fsp3) is 0.294. The van der Waals surface area contributed by atoms with Gasteiger partial charge in [-0.15, -0.1) is 0 Å². The number of halogens is 2. The van der Waals surface area contributed by atoms with Crippen molar-refractivity contribution in [1.82, 2.24) is 0 Å². The van der Waals surface area contributed by atoms with E-state index in [1.807, 2.05) is 0 Å². The first-order valence-corrected chi connectivity index (χ1v) is 9.35. The van der Waals surface area contributed by atoms with Gasteiger partial charge in [0.1, 0.15) is 5.82 Å². The second-order valence-electron chi connectivity index (χ2n) is 6.05. The smallest absolute Gasteiger partial charge is 0.182 e. The Morgan fingerprint density at radius 1 is 1.21 bits per heavy atom. The van der Waals surface area contributed by atoms with E-state index in [-0.39, 0.29) is 18.0 Å². The Labute approximate surface area is 145 Å². The van der Waals surface area contributed by atoms with Crippen molar-refractivity contribution in [2.24, 2.45) is 11.1 Å². The normalized spacial score (nSPS) is 26.3. The number of benzene rings is 2. The molecule has 1 aliphatic carbocycles. The Morgan fingerprint density at radius 3 is 2.42 bits per heavy atom. The minimum absolute atomic E-state index is 0.0117. The zero-order valence-corrected chi connectivity index (χ0v) is 14.3. The summed E-state index contributed by atoms with van der Waals surface area (Å²) in [6.07, 6.45) is 0. The molecule has 128 valence electrons. The highest BCUT2D eigenvalue weighted by Gasteiger charge is 2.70. The fourth-order valence-corrected chi connectivity index (χ4v) is 5.99. The molecule has 0 amide bonds. The maximum atomic E-state index is 13.5. The van der Waals surface area contributed by atoms with Gasteiger partial charge in [-0.25, -0.2) is 12.8 Å². The largest absolute Gasteiger partial charge is 0.396 e. The molecule has 1 saturated carbocycles. The molecule has 1 aliphatic rings. The molecule has 0 bridgehead atoms. The summed E-state index contributed by atoms with van der Waals surface area (Å²) in [6, 6.07) is 11.6. The van der Waals surface area contributed by atoms with E-state index in [1.54, 1.807) is 6.07 Å². The standard InChI is InChI=1S/C17H17ClFNO3S/c18-12-4-6-14(7-5-12)24(22,23)16-15(17(16,9-20)10-21)11-2-1-3-13(19)8-11/h1-8,15-16,21H,9-10,20H2/t15-,16-,17-/m0/s1. The first kappa shape index (κ1) is 17.4. The summed E-state index contributed by atoms with van der Waals surface area (Å²) in [4.78, 5) is 0.113. The molecular weight excluding hydrogens is 353 g/mol. The van der Waals surface area contributed by atoms with Crippen molar-refractivity contribution < 1.29 is 17.9 Å². The van der Waals surface area contributed by atoms with E-state index in [9.17, 15) is 17.9 Å². The third kappa shape index (κ3) is 2.63. The SMILES string of the molecule is NC[C@]1(CO)[C@@H](c2cccc(F)c2)[C@@H]1S(=O)(=O)c1ccc(Cl)cc1. The lowest BCUT2D eigenvalue weighted by Crippen LogP contribution is -2.27. The van der Waals surface area contributed by atoms with Crippen LogP contribution >= 0.6 is 11.6 Å². The maximum Gasteiger partial charge on any atom is 0.182 e. The zero-order chi connectivity index (χ0) is 17.5. The number of aliphatic hydroxyl groups excluding tert-OH is 1. The van der Waals surface area contributed by atoms with Crippen LogP contribution < -0.4 is 5.73 Å². The second-order valence-corrected chi connectivity index (χ2v) is 8.55. The Morgan fingerprint density at radius 2 is 1.88 bits per heavy atom. The average molecular weight is 370 g/mol. The zero-order valence-electron chi connectivity index (χ0n) is 12.7. The quantitative estimate of drug-likeness (QED) is 0.847. The van der Waals surface area contributed by atoms with Crippen LogP contribution in [0.3, 0.4) is 0 Å². The van der Waals surface area contributed by atoms with Crippen LogP contribution in [-0.2, 0) is 9.84 Å². The lowest BCUT2D eigenvalue weighted by atomic mass is 10.00. The van der Waals surface area contributed by atoms with E-state index in [0.29, 0.717) is 10.6 Å². The lowest BCUT2D eigenvalue weighted by molar-refractivity contribution is 0.212. The third-order valence-electron chi connectivity index (χ3n) is 4.74. The second kappa shape index (κ2) is 6.11. The van der Waals surface area contributed by atoms with Crippen LogP contribution in [0.15, 0.2) is 53.4 Å². The van der Waals surface area contributed by atoms with Crippen molar-refractivity contribution >= 4 is 21.4 Å². The molecule has 0 saturated heterocycles. The van der Waals surface area contributed by atoms with Gasteiger partial charge >= 0.3 is 0 Å². The molecule has 0 radical (unpaired) electrons. The summed E-state index contributed by atoms with van der Waals surface area (Å²) >= 11 is 5.81. The number of sulfone groups is 1. The first-order valence-electron chi connectivity index (χ1n) is 7.42. The molecule has 3 atom stereocenters. The van der Waals surface area contributed by atoms with Gasteiger partial charge in [-0.2, -0.15) is 0 Å². The van der Waals surface area contributed by atoms with E-state index in [0.717, 1.165) is 0 Å². The molecule has 0 aromatic heterocycles. The van der Waals surface area contributed by atoms with Crippen molar-refractivity contribution in [3.05, 3.63) is 64.9 Å². The third-order valence-corrected chi connectivity index (χ3v) is 7.33. The molecule has 3 N–H and O–H groups in total. The highest BCUT2D eigenvalue weighted by atomic mass is 35.5. The molecule has 0 aliphatic heterocycles. The predicted molar refractivity (Wildman–Crippen MR) is 90.1 cm³/mol. The van der Waals surface area contributed by atoms with E-state index in [2.05, 4.69) is 0 Å². The summed E-state index contributed by atoms with van der Waals surface area (Å²) in [6.45, 7) is -0.398. The van der Waals surface area contributed by atoms with Crippen molar-refractivity contribution in [2.75, 3.05) is 13.2 Å². The molecule has 2 aromatic carbocycles. The van der Waals surface area contributed by atoms with Crippen molar-refractivity contribution in [2.45, 2.75) is 16.1 Å². The van der Waals surface area contributed by atoms with Gasteiger partial charge in [-0.05, 0) is 42.0 Å². The minimum atomic E-state index is -3.75. The van der Waals surface area contributed by atoms with Crippen molar-refractivity contribution in [3.8, 4) is 0 Å². The van der Waals surface area contributed by atoms with Gasteiger partial charge in [0.2, 0.25) is 0 Å². The summed E-state index contributed by atoms with van der Waals surface area (Å²) in [5.41, 5.74) is 5.31. The van der Waals surface area contributed by atoms with E-state index in [4.69, 9.17) is 17.3 Å². The number of hydrogen-bond donors (Lipinski definition) is 2. The Balaban J connectivity index is 2.06. The van der Waals surface area contributed by atoms with Gasteiger partial charge in [0.05, 0.1) is 16.8 Å². The average Bonchev–Trinajstić information content (AvgIpc) is 3.26. The summed E-state index contributed by atoms with van der Waals surface area (Å²) in [5, 5.41) is 9.35. The van der Waals surface area contributed by atoms with Crippen LogP contribution in [0.2, 0.25) is 5.02 Å². The van der Waals surface area contributed by atoms with Crippen LogP contribution in [0.5, 0.6) is 0 Å². The highest BCUT2D eigenvalue weighted by Crippen LogP contribution is 2.63. The lowest BCUT2D eigenvalue weighted by Gasteiger charge is -2.12. The molecule has 7 heteroatoms. The van der Waals surface area contributed by atoms with E-state index >= 15 is 0 Å². The van der Waals surface area contributed by atoms with Gasteiger partial charge in [-0.1, -0.05) is 23.7 Å². The van der Waals surface area contributed by atoms with Crippen molar-refractivity contribution in [1.29, 1.82) is 0 Å². The monoisotopic (exact) mass is 369 g/mol. The number of nitrogens with two attached hydrogens (primary N) is 1. The molecule has 2 aromatic rings. The van der Waals surface area contributed by atoms with Crippen molar-refractivity contribution in [3.63, 3.8) is 0 Å². The topological polar surface area (TPSA) is 80.4 Å². The van der Waals surface area contributed by atoms with Crippen LogP contribution in [0.4, 0.5) is 4.39 Å². The summed E-state index contributed by atoms with van der Waals surface area (Å²) < 4.78 is 39.6. The fourth-order valence-electron chi connectivity index (χ4n) is 3.42. The van der Waals surface area contributed by atoms with Crippen LogP contribution in [0, 0.1) is 11.2 Å². The van der Waals surface area contributed by atoms with E-state index in [1.165, 1.54) is 42.5 Å². The highest BCUT2D eigenvalue weighted by molar-refractivity contribution is 7.92. The molecule has 0 spiro atoms. The van der Waals surface area contributed by atoms with Crippen LogP contribution in [0.25, 0.3) is 0 Å². The van der Waals surface area contributed by atoms with Crippen LogP contribution in [0.1, 0.15) is 11.5 Å². The number of rotatable bonds is 5. The van der Waals surface area contributed by atoms with Crippen LogP contribution in [-0.4, -0.2) is 31.9 Å². The minimum Gasteiger partial charge on any atom is -0.396 e. The van der Waals surface area contributed by atoms with Gasteiger partial charge in [-0.3, -0.25) is 0 Å². The molecule has 3 rings (SSSR count). The summed E-state index contributed by atoms with van der Waals surface area (Å²) in [7, 11) is -3.75.